The molecule has 136 valence electrons. The van der Waals surface area contributed by atoms with Crippen molar-refractivity contribution in [2.24, 2.45) is 5.10 Å². The maximum Gasteiger partial charge on any atom is 0.259 e. The van der Waals surface area contributed by atoms with E-state index in [0.717, 1.165) is 30.5 Å². The second-order valence-electron chi connectivity index (χ2n) is 5.73. The van der Waals surface area contributed by atoms with Gasteiger partial charge >= 0.3 is 0 Å². The van der Waals surface area contributed by atoms with E-state index in [9.17, 15) is 9.59 Å². The van der Waals surface area contributed by atoms with Crippen molar-refractivity contribution < 1.29 is 9.59 Å². The highest BCUT2D eigenvalue weighted by atomic mass is 79.9. The number of hydrogen-bond acceptors (Lipinski definition) is 3. The lowest BCUT2D eigenvalue weighted by molar-refractivity contribution is -0.120. The van der Waals surface area contributed by atoms with Crippen LogP contribution in [0, 0.1) is 0 Å². The van der Waals surface area contributed by atoms with Crippen LogP contribution in [0.5, 0.6) is 0 Å². The lowest BCUT2D eigenvalue weighted by atomic mass is 10.1. The van der Waals surface area contributed by atoms with Gasteiger partial charge in [0.1, 0.15) is 0 Å². The predicted molar refractivity (Wildman–Crippen MR) is 107 cm³/mol. The zero-order valence-electron chi connectivity index (χ0n) is 14.7. The summed E-state index contributed by atoms with van der Waals surface area (Å²) in [6.45, 7) is 1.97. The average Bonchev–Trinajstić information content (AvgIpc) is 2.67. The highest BCUT2D eigenvalue weighted by Crippen LogP contribution is 2.15. The van der Waals surface area contributed by atoms with Crippen molar-refractivity contribution in [3.05, 3.63) is 70.2 Å². The molecule has 0 atom stereocenters. The number of unbranched alkanes of at least 4 members (excludes halogenated alkanes) is 1. The first-order valence-electron chi connectivity index (χ1n) is 8.55. The first kappa shape index (κ1) is 19.8. The molecule has 0 bridgehead atoms. The van der Waals surface area contributed by atoms with Gasteiger partial charge in [0.25, 0.3) is 11.8 Å². The monoisotopic (exact) mass is 415 g/mol. The molecule has 0 aromatic heterocycles. The van der Waals surface area contributed by atoms with Crippen LogP contribution in [0.2, 0.25) is 0 Å². The molecule has 2 amide bonds. The van der Waals surface area contributed by atoms with Crippen LogP contribution in [0.3, 0.4) is 0 Å². The van der Waals surface area contributed by atoms with Crippen LogP contribution in [-0.2, 0) is 4.79 Å². The fourth-order valence-electron chi connectivity index (χ4n) is 2.31. The van der Waals surface area contributed by atoms with E-state index < -0.39 is 0 Å². The van der Waals surface area contributed by atoms with Crippen molar-refractivity contribution in [3.8, 4) is 0 Å². The Kier molecular flexibility index (Phi) is 8.02. The summed E-state index contributed by atoms with van der Waals surface area (Å²) in [5.41, 5.74) is 4.83. The molecule has 0 saturated heterocycles. The van der Waals surface area contributed by atoms with Crippen LogP contribution in [-0.4, -0.2) is 24.1 Å². The average molecular weight is 416 g/mol. The summed E-state index contributed by atoms with van der Waals surface area (Å²) in [4.78, 5) is 24.1. The van der Waals surface area contributed by atoms with Gasteiger partial charge in [-0.25, -0.2) is 5.43 Å². The van der Waals surface area contributed by atoms with E-state index in [-0.39, 0.29) is 18.4 Å². The Morgan fingerprint density at radius 1 is 1.04 bits per heavy atom. The van der Waals surface area contributed by atoms with Crippen LogP contribution in [0.25, 0.3) is 0 Å². The molecule has 0 saturated carbocycles. The lowest BCUT2D eigenvalue weighted by Crippen LogP contribution is -2.35. The van der Waals surface area contributed by atoms with Gasteiger partial charge in [-0.2, -0.15) is 5.10 Å². The molecule has 26 heavy (non-hydrogen) atoms. The Hall–Kier alpha value is -2.47. The van der Waals surface area contributed by atoms with Crippen molar-refractivity contribution >= 4 is 33.5 Å². The number of nitrogens with one attached hydrogen (secondary N) is 2. The van der Waals surface area contributed by atoms with E-state index in [4.69, 9.17) is 0 Å². The number of hydrazone groups is 1. The first-order chi connectivity index (χ1) is 12.6. The Bertz CT molecular complexity index is 776. The van der Waals surface area contributed by atoms with Crippen LogP contribution in [0.4, 0.5) is 0 Å². The summed E-state index contributed by atoms with van der Waals surface area (Å²) < 4.78 is 0.682. The van der Waals surface area contributed by atoms with Gasteiger partial charge < -0.3 is 5.32 Å². The molecular weight excluding hydrogens is 394 g/mol. The summed E-state index contributed by atoms with van der Waals surface area (Å²) in [5, 5.41) is 6.85. The van der Waals surface area contributed by atoms with Crippen LogP contribution in [0.15, 0.2) is 64.2 Å². The molecule has 2 N–H and O–H groups in total. The third-order valence-corrected chi connectivity index (χ3v) is 4.41. The second-order valence-corrected chi connectivity index (χ2v) is 6.58. The van der Waals surface area contributed by atoms with Crippen LogP contribution >= 0.6 is 15.9 Å². The molecule has 2 aromatic carbocycles. The smallest absolute Gasteiger partial charge is 0.259 e. The summed E-state index contributed by atoms with van der Waals surface area (Å²) in [6.07, 6.45) is 2.81. The Labute approximate surface area is 162 Å². The molecule has 0 aliphatic rings. The molecule has 5 nitrogen and oxygen atoms in total. The molecule has 6 heteroatoms. The minimum atomic E-state index is -0.365. The minimum absolute atomic E-state index is 0.139. The van der Waals surface area contributed by atoms with Crippen LogP contribution < -0.4 is 10.7 Å². The maximum atomic E-state index is 12.1. The van der Waals surface area contributed by atoms with Gasteiger partial charge in [0.2, 0.25) is 0 Å². The molecule has 0 radical (unpaired) electrons. The number of carbonyl (C=O) groups is 2. The topological polar surface area (TPSA) is 70.6 Å². The molecule has 0 aliphatic carbocycles. The fraction of sp³-hybridized carbons (Fsp3) is 0.250. The highest BCUT2D eigenvalue weighted by Gasteiger charge is 2.11. The number of benzene rings is 2. The molecule has 0 fully saturated rings. The molecule has 2 rings (SSSR count). The predicted octanol–water partition coefficient (Wildman–Crippen LogP) is 3.89. The van der Waals surface area contributed by atoms with Crippen molar-refractivity contribution in [2.45, 2.75) is 26.2 Å². The van der Waals surface area contributed by atoms with Crippen LogP contribution in [0.1, 0.15) is 42.1 Å². The summed E-state index contributed by atoms with van der Waals surface area (Å²) >= 11 is 3.32. The molecule has 0 spiro atoms. The Balaban J connectivity index is 1.93. The summed E-state index contributed by atoms with van der Waals surface area (Å²) in [5.74, 6) is -0.679. The number of halogens is 1. The third-order valence-electron chi connectivity index (χ3n) is 3.72. The zero-order valence-corrected chi connectivity index (χ0v) is 16.3. The molecule has 2 aromatic rings. The quantitative estimate of drug-likeness (QED) is 0.506. The number of carbonyl (C=O) groups excluding carboxylic acids is 2. The van der Waals surface area contributed by atoms with E-state index in [1.165, 1.54) is 0 Å². The van der Waals surface area contributed by atoms with Gasteiger partial charge in [-0.1, -0.05) is 55.8 Å². The lowest BCUT2D eigenvalue weighted by Gasteiger charge is -2.08. The zero-order chi connectivity index (χ0) is 18.8. The van der Waals surface area contributed by atoms with E-state index in [0.29, 0.717) is 10.0 Å². The van der Waals surface area contributed by atoms with E-state index in [1.54, 1.807) is 18.2 Å². The van der Waals surface area contributed by atoms with E-state index in [2.05, 4.69) is 38.7 Å². The Morgan fingerprint density at radius 2 is 1.73 bits per heavy atom. The standard InChI is InChI=1S/C20H22BrN3O2/c1-2-3-13-18(15-9-5-4-6-10-15)23-24-19(25)14-22-20(26)16-11-7-8-12-17(16)21/h4-12H,2-3,13-14H2,1H3,(H,22,26)(H,24,25)/b23-18-. The number of nitrogens with zero attached hydrogens (tertiary/aromatic N) is 1. The number of rotatable bonds is 8. The molecule has 0 unspecified atom stereocenters. The largest absolute Gasteiger partial charge is 0.343 e. The van der Waals surface area contributed by atoms with Gasteiger partial charge in [-0.05, 0) is 46.5 Å². The molecule has 0 aliphatic heterocycles. The van der Waals surface area contributed by atoms with Crippen molar-refractivity contribution in [1.82, 2.24) is 10.7 Å². The maximum absolute atomic E-state index is 12.1. The van der Waals surface area contributed by atoms with E-state index >= 15 is 0 Å². The normalized spacial score (nSPS) is 11.1. The minimum Gasteiger partial charge on any atom is -0.343 e. The highest BCUT2D eigenvalue weighted by molar-refractivity contribution is 9.10. The van der Waals surface area contributed by atoms with Gasteiger partial charge in [-0.3, -0.25) is 9.59 Å². The fourth-order valence-corrected chi connectivity index (χ4v) is 2.77. The van der Waals surface area contributed by atoms with Gasteiger partial charge in [-0.15, -0.1) is 0 Å². The third kappa shape index (κ3) is 6.11. The van der Waals surface area contributed by atoms with Gasteiger partial charge in [0, 0.05) is 4.47 Å². The SMILES string of the molecule is CCCC/C(=N/NC(=O)CNC(=O)c1ccccc1Br)c1ccccc1. The Morgan fingerprint density at radius 3 is 2.42 bits per heavy atom. The van der Waals surface area contributed by atoms with Crippen molar-refractivity contribution in [1.29, 1.82) is 0 Å². The number of amides is 2. The molecular formula is C20H22BrN3O2. The molecule has 0 heterocycles. The van der Waals surface area contributed by atoms with Crippen molar-refractivity contribution in [3.63, 3.8) is 0 Å². The van der Waals surface area contributed by atoms with E-state index in [1.807, 2.05) is 36.4 Å². The summed E-state index contributed by atoms with van der Waals surface area (Å²) in [6, 6.07) is 16.8. The summed E-state index contributed by atoms with van der Waals surface area (Å²) in [7, 11) is 0. The first-order valence-corrected chi connectivity index (χ1v) is 9.34. The number of hydrogen-bond donors (Lipinski definition) is 2. The van der Waals surface area contributed by atoms with Gasteiger partial charge in [0.15, 0.2) is 0 Å². The second kappa shape index (κ2) is 10.5. The van der Waals surface area contributed by atoms with Gasteiger partial charge in [0.05, 0.1) is 17.8 Å². The van der Waals surface area contributed by atoms with Crippen molar-refractivity contribution in [2.75, 3.05) is 6.54 Å².